The lowest BCUT2D eigenvalue weighted by Gasteiger charge is -2.29. The molecule has 160 valence electrons. The van der Waals surface area contributed by atoms with Crippen molar-refractivity contribution >= 4 is 29.3 Å². The van der Waals surface area contributed by atoms with Gasteiger partial charge in [0, 0.05) is 30.3 Å². The number of carbonyl (C=O) groups excluding carboxylic acids is 4. The molecule has 3 aliphatic heterocycles. The van der Waals surface area contributed by atoms with E-state index in [0.717, 1.165) is 24.1 Å². The summed E-state index contributed by atoms with van der Waals surface area (Å²) in [5, 5.41) is 6.30. The van der Waals surface area contributed by atoms with E-state index in [-0.39, 0.29) is 24.1 Å². The zero-order chi connectivity index (χ0) is 21.6. The van der Waals surface area contributed by atoms with Gasteiger partial charge in [0.2, 0.25) is 23.6 Å². The predicted octanol–water partition coefficient (Wildman–Crippen LogP) is 1.04. The Morgan fingerprint density at radius 3 is 2.63 bits per heavy atom. The van der Waals surface area contributed by atoms with Crippen LogP contribution in [0.25, 0.3) is 0 Å². The van der Waals surface area contributed by atoms with Gasteiger partial charge in [0.25, 0.3) is 0 Å². The first-order valence-corrected chi connectivity index (χ1v) is 10.7. The van der Waals surface area contributed by atoms with Crippen LogP contribution in [0.2, 0.25) is 0 Å². The van der Waals surface area contributed by atoms with E-state index in [0.29, 0.717) is 24.9 Å². The number of imide groups is 1. The van der Waals surface area contributed by atoms with Crippen LogP contribution in [0.3, 0.4) is 0 Å². The van der Waals surface area contributed by atoms with Crippen molar-refractivity contribution in [3.63, 3.8) is 0 Å². The highest BCUT2D eigenvalue weighted by atomic mass is 16.2. The van der Waals surface area contributed by atoms with Crippen LogP contribution in [0.1, 0.15) is 50.7 Å². The number of primary amides is 1. The summed E-state index contributed by atoms with van der Waals surface area (Å²) in [4.78, 5) is 52.8. The average Bonchev–Trinajstić information content (AvgIpc) is 3.30. The molecule has 0 bridgehead atoms. The van der Waals surface area contributed by atoms with Gasteiger partial charge in [0.05, 0.1) is 11.8 Å². The Bertz CT molecular complexity index is 930. The summed E-state index contributed by atoms with van der Waals surface area (Å²) in [6.07, 6.45) is 2.68. The van der Waals surface area contributed by atoms with Gasteiger partial charge < -0.3 is 11.1 Å². The molecule has 2 saturated heterocycles. The van der Waals surface area contributed by atoms with E-state index >= 15 is 0 Å². The number of benzene rings is 1. The van der Waals surface area contributed by atoms with Gasteiger partial charge in [-0.1, -0.05) is 38.5 Å². The standard InChI is InChI=1S/C22H28N4O4/c1-3-5-11-26-19(28)16-14(9-10-15(23)27)25-22(17(16)20(26)29)13-8-6-7-12(4-2)18(13)24-21(22)30/h6-8,14,16-17,25H,3-5,9-11H2,1-2H3,(H2,23,27)(H,24,30)/t14-,16+,17-,22+/m0/s1. The Morgan fingerprint density at radius 1 is 1.20 bits per heavy atom. The number of hydrogen-bond acceptors (Lipinski definition) is 5. The minimum absolute atomic E-state index is 0.0802. The molecule has 2 fully saturated rings. The molecule has 8 nitrogen and oxygen atoms in total. The summed E-state index contributed by atoms with van der Waals surface area (Å²) in [6, 6.07) is 5.19. The Kier molecular flexibility index (Phi) is 5.13. The maximum Gasteiger partial charge on any atom is 0.250 e. The molecule has 4 atom stereocenters. The molecule has 3 aliphatic rings. The number of rotatable bonds is 7. The molecular weight excluding hydrogens is 384 g/mol. The van der Waals surface area contributed by atoms with Gasteiger partial charge >= 0.3 is 0 Å². The summed E-state index contributed by atoms with van der Waals surface area (Å²) in [5.41, 5.74) is 6.45. The van der Waals surface area contributed by atoms with Gasteiger partial charge in [-0.25, -0.2) is 0 Å². The number of hydrogen-bond donors (Lipinski definition) is 3. The molecule has 1 aromatic rings. The first kappa shape index (κ1) is 20.5. The van der Waals surface area contributed by atoms with Crippen molar-refractivity contribution in [2.24, 2.45) is 17.6 Å². The Balaban J connectivity index is 1.82. The van der Waals surface area contributed by atoms with E-state index in [4.69, 9.17) is 5.73 Å². The lowest BCUT2D eigenvalue weighted by Crippen LogP contribution is -2.53. The van der Waals surface area contributed by atoms with Crippen LogP contribution in [0.4, 0.5) is 5.69 Å². The summed E-state index contributed by atoms with van der Waals surface area (Å²) < 4.78 is 0. The van der Waals surface area contributed by atoms with Crippen LogP contribution in [0, 0.1) is 11.8 Å². The van der Waals surface area contributed by atoms with Crippen LogP contribution >= 0.6 is 0 Å². The van der Waals surface area contributed by atoms with E-state index in [1.807, 2.05) is 32.0 Å². The molecule has 8 heteroatoms. The van der Waals surface area contributed by atoms with Gasteiger partial charge in [-0.2, -0.15) is 0 Å². The molecule has 1 spiro atoms. The molecule has 1 aromatic carbocycles. The largest absolute Gasteiger partial charge is 0.370 e. The summed E-state index contributed by atoms with van der Waals surface area (Å²) in [7, 11) is 0. The second-order valence-electron chi connectivity index (χ2n) is 8.40. The van der Waals surface area contributed by atoms with Crippen molar-refractivity contribution < 1.29 is 19.2 Å². The number of nitrogens with two attached hydrogens (primary N) is 1. The predicted molar refractivity (Wildman–Crippen MR) is 110 cm³/mol. The first-order valence-electron chi connectivity index (χ1n) is 10.7. The highest BCUT2D eigenvalue weighted by Gasteiger charge is 2.70. The Labute approximate surface area is 175 Å². The first-order chi connectivity index (χ1) is 14.4. The van der Waals surface area contributed by atoms with Crippen molar-refractivity contribution in [2.75, 3.05) is 11.9 Å². The quantitative estimate of drug-likeness (QED) is 0.578. The minimum Gasteiger partial charge on any atom is -0.370 e. The number of nitrogens with zero attached hydrogens (tertiary/aromatic N) is 1. The number of anilines is 1. The number of unbranched alkanes of at least 4 members (excludes halogenated alkanes) is 1. The van der Waals surface area contributed by atoms with E-state index in [9.17, 15) is 19.2 Å². The van der Waals surface area contributed by atoms with Gasteiger partial charge in [-0.3, -0.25) is 29.4 Å². The lowest BCUT2D eigenvalue weighted by atomic mass is 9.76. The highest BCUT2D eigenvalue weighted by molar-refractivity contribution is 6.15. The number of amides is 4. The van der Waals surface area contributed by atoms with Crippen LogP contribution < -0.4 is 16.4 Å². The number of nitrogens with one attached hydrogen (secondary N) is 2. The summed E-state index contributed by atoms with van der Waals surface area (Å²) in [6.45, 7) is 4.35. The number of aryl methyl sites for hydroxylation is 1. The third-order valence-electron chi connectivity index (χ3n) is 6.75. The number of para-hydroxylation sites is 1. The summed E-state index contributed by atoms with van der Waals surface area (Å²) in [5.74, 6) is -2.86. The highest BCUT2D eigenvalue weighted by Crippen LogP contribution is 2.54. The molecule has 4 amide bonds. The topological polar surface area (TPSA) is 122 Å². The number of fused-ring (bicyclic) bond motifs is 4. The molecule has 0 aromatic heterocycles. The van der Waals surface area contributed by atoms with Gasteiger partial charge in [-0.15, -0.1) is 0 Å². The number of likely N-dealkylation sites (tertiary alicyclic amines) is 1. The van der Waals surface area contributed by atoms with Crippen LogP contribution in [-0.4, -0.2) is 41.1 Å². The van der Waals surface area contributed by atoms with Crippen molar-refractivity contribution in [1.82, 2.24) is 10.2 Å². The van der Waals surface area contributed by atoms with E-state index in [1.54, 1.807) is 0 Å². The fourth-order valence-electron chi connectivity index (χ4n) is 5.33. The van der Waals surface area contributed by atoms with Crippen LogP contribution in [-0.2, 0) is 31.1 Å². The van der Waals surface area contributed by atoms with Crippen molar-refractivity contribution in [3.05, 3.63) is 29.3 Å². The van der Waals surface area contributed by atoms with Crippen molar-refractivity contribution in [2.45, 2.75) is 57.5 Å². The SMILES string of the molecule is CCCCN1C(=O)[C@@H]2[C@H](CCC(N)=O)N[C@@]3(C(=O)Nc4c(CC)cccc43)[C@@H]2C1=O. The maximum atomic E-state index is 13.5. The summed E-state index contributed by atoms with van der Waals surface area (Å²) >= 11 is 0. The monoisotopic (exact) mass is 412 g/mol. The molecular formula is C22H28N4O4. The molecule has 0 radical (unpaired) electrons. The van der Waals surface area contributed by atoms with E-state index in [2.05, 4.69) is 10.6 Å². The molecule has 0 saturated carbocycles. The average molecular weight is 412 g/mol. The van der Waals surface area contributed by atoms with Crippen molar-refractivity contribution in [3.8, 4) is 0 Å². The van der Waals surface area contributed by atoms with Crippen molar-refractivity contribution in [1.29, 1.82) is 0 Å². The maximum absolute atomic E-state index is 13.5. The van der Waals surface area contributed by atoms with Crippen LogP contribution in [0.5, 0.6) is 0 Å². The minimum atomic E-state index is -1.30. The molecule has 3 heterocycles. The van der Waals surface area contributed by atoms with E-state index < -0.39 is 29.3 Å². The van der Waals surface area contributed by atoms with Gasteiger partial charge in [-0.05, 0) is 24.8 Å². The Morgan fingerprint density at radius 2 is 1.97 bits per heavy atom. The van der Waals surface area contributed by atoms with Crippen LogP contribution in [0.15, 0.2) is 18.2 Å². The fraction of sp³-hybridized carbons (Fsp3) is 0.545. The second-order valence-corrected chi connectivity index (χ2v) is 8.40. The third kappa shape index (κ3) is 2.77. The zero-order valence-electron chi connectivity index (χ0n) is 17.4. The second kappa shape index (κ2) is 7.50. The van der Waals surface area contributed by atoms with E-state index in [1.165, 1.54) is 4.90 Å². The fourth-order valence-corrected chi connectivity index (χ4v) is 5.33. The molecule has 0 unspecified atom stereocenters. The van der Waals surface area contributed by atoms with Gasteiger partial charge in [0.15, 0.2) is 0 Å². The molecule has 4 N–H and O–H groups in total. The Hall–Kier alpha value is -2.74. The zero-order valence-corrected chi connectivity index (χ0v) is 17.4. The molecule has 30 heavy (non-hydrogen) atoms. The molecule has 4 rings (SSSR count). The molecule has 0 aliphatic carbocycles. The third-order valence-corrected chi connectivity index (χ3v) is 6.75. The normalized spacial score (nSPS) is 29.5. The number of carbonyl (C=O) groups is 4. The lowest BCUT2D eigenvalue weighted by molar-refractivity contribution is -0.143. The van der Waals surface area contributed by atoms with Gasteiger partial charge in [0.1, 0.15) is 5.54 Å². The smallest absolute Gasteiger partial charge is 0.250 e.